The van der Waals surface area contributed by atoms with Crippen molar-refractivity contribution in [3.8, 4) is 22.6 Å². The molecule has 0 aromatic heterocycles. The monoisotopic (exact) mass is 430 g/mol. The van der Waals surface area contributed by atoms with Crippen molar-refractivity contribution in [1.29, 1.82) is 0 Å². The van der Waals surface area contributed by atoms with Gasteiger partial charge in [-0.3, -0.25) is 4.79 Å². The van der Waals surface area contributed by atoms with Crippen molar-refractivity contribution in [2.24, 2.45) is 0 Å². The summed E-state index contributed by atoms with van der Waals surface area (Å²) < 4.78 is 12.0. The summed E-state index contributed by atoms with van der Waals surface area (Å²) in [6.07, 6.45) is 2.41. The maximum absolute atomic E-state index is 12.1. The zero-order valence-electron chi connectivity index (χ0n) is 18.5. The summed E-state index contributed by atoms with van der Waals surface area (Å²) >= 11 is 0. The molecule has 1 aliphatic rings. The molecule has 0 atom stereocenters. The Morgan fingerprint density at radius 1 is 0.938 bits per heavy atom. The predicted octanol–water partition coefficient (Wildman–Crippen LogP) is 4.81. The van der Waals surface area contributed by atoms with Crippen LogP contribution in [0.3, 0.4) is 0 Å². The first-order valence-corrected chi connectivity index (χ1v) is 11.3. The van der Waals surface area contributed by atoms with E-state index in [0.29, 0.717) is 24.8 Å². The van der Waals surface area contributed by atoms with Gasteiger partial charge in [-0.15, -0.1) is 0 Å². The van der Waals surface area contributed by atoms with Crippen LogP contribution in [-0.4, -0.2) is 31.6 Å². The average Bonchev–Trinajstić information content (AvgIpc) is 2.85. The van der Waals surface area contributed by atoms with Crippen LogP contribution in [0, 0.1) is 0 Å². The minimum atomic E-state index is -0.0542. The molecule has 5 heteroatoms. The minimum absolute atomic E-state index is 0.0542. The number of benzene rings is 3. The van der Waals surface area contributed by atoms with Gasteiger partial charge in [0.2, 0.25) is 0 Å². The van der Waals surface area contributed by atoms with E-state index in [9.17, 15) is 4.79 Å². The van der Waals surface area contributed by atoms with Gasteiger partial charge in [0.05, 0.1) is 0 Å². The van der Waals surface area contributed by atoms with Crippen molar-refractivity contribution in [3.05, 3.63) is 83.9 Å². The highest BCUT2D eigenvalue weighted by molar-refractivity contribution is 5.95. The topological polar surface area (TPSA) is 59.6 Å². The Labute approximate surface area is 189 Å². The molecular weight excluding hydrogens is 400 g/mol. The highest BCUT2D eigenvalue weighted by Gasteiger charge is 2.14. The molecule has 1 amide bonds. The molecule has 0 spiro atoms. The van der Waals surface area contributed by atoms with Gasteiger partial charge in [0.1, 0.15) is 24.2 Å². The van der Waals surface area contributed by atoms with Crippen molar-refractivity contribution in [2.45, 2.75) is 32.5 Å². The molecule has 0 radical (unpaired) electrons. The number of carbonyl (C=O) groups is 1. The Morgan fingerprint density at radius 3 is 2.38 bits per heavy atom. The Balaban J connectivity index is 1.32. The Kier molecular flexibility index (Phi) is 7.41. The van der Waals surface area contributed by atoms with Crippen molar-refractivity contribution >= 4 is 5.91 Å². The molecule has 1 heterocycles. The number of hydrogen-bond acceptors (Lipinski definition) is 4. The van der Waals surface area contributed by atoms with Crippen LogP contribution in [0.15, 0.2) is 72.8 Å². The molecule has 5 nitrogen and oxygen atoms in total. The van der Waals surface area contributed by atoms with Crippen molar-refractivity contribution < 1.29 is 14.3 Å². The van der Waals surface area contributed by atoms with Crippen LogP contribution in [0.25, 0.3) is 11.1 Å². The fraction of sp³-hybridized carbons (Fsp3) is 0.296. The third kappa shape index (κ3) is 5.89. The molecule has 1 saturated heterocycles. The molecule has 4 rings (SSSR count). The molecule has 2 N–H and O–H groups in total. The first-order chi connectivity index (χ1) is 15.7. The van der Waals surface area contributed by atoms with E-state index in [-0.39, 0.29) is 5.91 Å². The normalized spacial score (nSPS) is 14.0. The molecule has 32 heavy (non-hydrogen) atoms. The number of nitrogens with one attached hydrogen (secondary N) is 2. The van der Waals surface area contributed by atoms with Crippen LogP contribution in [0.5, 0.6) is 11.5 Å². The number of ether oxygens (including phenoxy) is 2. The lowest BCUT2D eigenvalue weighted by Crippen LogP contribution is -2.34. The average molecular weight is 431 g/mol. The maximum atomic E-state index is 12.1. The van der Waals surface area contributed by atoms with E-state index in [4.69, 9.17) is 9.47 Å². The number of rotatable bonds is 8. The summed E-state index contributed by atoms with van der Waals surface area (Å²) in [4.78, 5) is 12.1. The van der Waals surface area contributed by atoms with E-state index in [1.54, 1.807) is 0 Å². The van der Waals surface area contributed by atoms with Gasteiger partial charge >= 0.3 is 0 Å². The Bertz CT molecular complexity index is 1010. The van der Waals surface area contributed by atoms with Gasteiger partial charge in [-0.1, -0.05) is 36.4 Å². The highest BCUT2D eigenvalue weighted by atomic mass is 16.5. The fourth-order valence-electron chi connectivity index (χ4n) is 3.78. The molecule has 0 aliphatic carbocycles. The lowest BCUT2D eigenvalue weighted by Gasteiger charge is -2.23. The van der Waals surface area contributed by atoms with Crippen molar-refractivity contribution in [3.63, 3.8) is 0 Å². The lowest BCUT2D eigenvalue weighted by atomic mass is 10.0. The molecule has 166 valence electrons. The second-order valence-electron chi connectivity index (χ2n) is 7.96. The second-order valence-corrected chi connectivity index (χ2v) is 7.96. The first kappa shape index (κ1) is 21.9. The second kappa shape index (κ2) is 10.8. The van der Waals surface area contributed by atoms with E-state index in [2.05, 4.69) is 22.8 Å². The van der Waals surface area contributed by atoms with E-state index >= 15 is 0 Å². The Morgan fingerprint density at radius 2 is 1.66 bits per heavy atom. The molecule has 1 aliphatic heterocycles. The van der Waals surface area contributed by atoms with Crippen LogP contribution in [0.4, 0.5) is 0 Å². The molecule has 0 bridgehead atoms. The Hall–Kier alpha value is -3.31. The largest absolute Gasteiger partial charge is 0.490 e. The first-order valence-electron chi connectivity index (χ1n) is 11.3. The summed E-state index contributed by atoms with van der Waals surface area (Å²) in [5, 5.41) is 6.19. The number of amides is 1. The zero-order chi connectivity index (χ0) is 22.2. The minimum Gasteiger partial charge on any atom is -0.490 e. The van der Waals surface area contributed by atoms with E-state index < -0.39 is 0 Å². The van der Waals surface area contributed by atoms with Crippen LogP contribution in [0.1, 0.15) is 35.7 Å². The SMILES string of the molecule is CCNC(=O)c1cccc(-c2ccc(OCc3ccc(OC4CCNCC4)cc3)cc2)c1. The van der Waals surface area contributed by atoms with E-state index in [1.165, 1.54) is 0 Å². The smallest absolute Gasteiger partial charge is 0.251 e. The predicted molar refractivity (Wildman–Crippen MR) is 127 cm³/mol. The van der Waals surface area contributed by atoms with Gasteiger partial charge in [-0.2, -0.15) is 0 Å². The highest BCUT2D eigenvalue weighted by Crippen LogP contribution is 2.24. The lowest BCUT2D eigenvalue weighted by molar-refractivity contribution is 0.0956. The van der Waals surface area contributed by atoms with Gasteiger partial charge in [-0.05, 0) is 85.9 Å². The quantitative estimate of drug-likeness (QED) is 0.538. The van der Waals surface area contributed by atoms with Gasteiger partial charge in [0.15, 0.2) is 0 Å². The molecule has 3 aromatic rings. The van der Waals surface area contributed by atoms with Gasteiger partial charge in [0.25, 0.3) is 5.91 Å². The molecule has 3 aromatic carbocycles. The summed E-state index contributed by atoms with van der Waals surface area (Å²) in [7, 11) is 0. The van der Waals surface area contributed by atoms with Gasteiger partial charge in [0, 0.05) is 12.1 Å². The van der Waals surface area contributed by atoms with Gasteiger partial charge in [-0.25, -0.2) is 0 Å². The molecule has 0 saturated carbocycles. The van der Waals surface area contributed by atoms with Crippen molar-refractivity contribution in [1.82, 2.24) is 10.6 Å². The summed E-state index contributed by atoms with van der Waals surface area (Å²) in [6.45, 7) is 5.07. The molecule has 1 fully saturated rings. The van der Waals surface area contributed by atoms with Crippen LogP contribution >= 0.6 is 0 Å². The standard InChI is InChI=1S/C27H30N2O3/c1-2-29-27(30)23-5-3-4-22(18-23)21-8-12-24(13-9-21)31-19-20-6-10-25(11-7-20)32-26-14-16-28-17-15-26/h3-13,18,26,28H,2,14-17,19H2,1H3,(H,29,30). The number of piperidine rings is 1. The van der Waals surface area contributed by atoms with Crippen molar-refractivity contribution in [2.75, 3.05) is 19.6 Å². The van der Waals surface area contributed by atoms with Crippen LogP contribution < -0.4 is 20.1 Å². The summed E-state index contributed by atoms with van der Waals surface area (Å²) in [6, 6.07) is 23.7. The van der Waals surface area contributed by atoms with E-state index in [1.807, 2.05) is 67.6 Å². The maximum Gasteiger partial charge on any atom is 0.251 e. The van der Waals surface area contributed by atoms with Crippen LogP contribution in [0.2, 0.25) is 0 Å². The summed E-state index contributed by atoms with van der Waals surface area (Å²) in [5.74, 6) is 1.67. The fourth-order valence-corrected chi connectivity index (χ4v) is 3.78. The molecular formula is C27H30N2O3. The van der Waals surface area contributed by atoms with E-state index in [0.717, 1.165) is 54.1 Å². The third-order valence-electron chi connectivity index (χ3n) is 5.57. The summed E-state index contributed by atoms with van der Waals surface area (Å²) in [5.41, 5.74) is 3.81. The number of hydrogen-bond donors (Lipinski definition) is 2. The third-order valence-corrected chi connectivity index (χ3v) is 5.57. The number of carbonyl (C=O) groups excluding carboxylic acids is 1. The van der Waals surface area contributed by atoms with Crippen LogP contribution in [-0.2, 0) is 6.61 Å². The molecule has 0 unspecified atom stereocenters. The zero-order valence-corrected chi connectivity index (χ0v) is 18.5. The van der Waals surface area contributed by atoms with Gasteiger partial charge < -0.3 is 20.1 Å².